The van der Waals surface area contributed by atoms with Crippen molar-refractivity contribution >= 4 is 11.9 Å². The molecule has 20 heavy (non-hydrogen) atoms. The van der Waals surface area contributed by atoms with Crippen molar-refractivity contribution in [1.82, 2.24) is 14.7 Å². The number of carbonyl (C=O) groups excluding carboxylic acids is 1. The van der Waals surface area contributed by atoms with E-state index in [9.17, 15) is 14.7 Å². The van der Waals surface area contributed by atoms with E-state index < -0.39 is 12.0 Å². The van der Waals surface area contributed by atoms with E-state index >= 15 is 0 Å². The molecular formula is C14H21N3O3. The number of likely N-dealkylation sites (tertiary alicyclic amines) is 1. The monoisotopic (exact) mass is 279 g/mol. The van der Waals surface area contributed by atoms with Gasteiger partial charge in [-0.05, 0) is 32.8 Å². The molecule has 0 aromatic carbocycles. The zero-order chi connectivity index (χ0) is 14.7. The highest BCUT2D eigenvalue weighted by molar-refractivity contribution is 5.95. The third-order valence-corrected chi connectivity index (χ3v) is 3.72. The van der Waals surface area contributed by atoms with Crippen LogP contribution in [0.3, 0.4) is 0 Å². The molecule has 1 unspecified atom stereocenters. The summed E-state index contributed by atoms with van der Waals surface area (Å²) in [5, 5.41) is 13.6. The minimum Gasteiger partial charge on any atom is -0.480 e. The Labute approximate surface area is 118 Å². The lowest BCUT2D eigenvalue weighted by Crippen LogP contribution is -2.45. The van der Waals surface area contributed by atoms with E-state index in [1.165, 1.54) is 4.90 Å². The molecule has 0 radical (unpaired) electrons. The van der Waals surface area contributed by atoms with Gasteiger partial charge >= 0.3 is 5.97 Å². The number of carboxylic acids is 1. The van der Waals surface area contributed by atoms with E-state index in [4.69, 9.17) is 0 Å². The molecule has 0 aliphatic carbocycles. The van der Waals surface area contributed by atoms with E-state index in [1.807, 2.05) is 13.8 Å². The van der Waals surface area contributed by atoms with Crippen LogP contribution < -0.4 is 0 Å². The number of aliphatic carboxylic acids is 1. The van der Waals surface area contributed by atoms with Crippen molar-refractivity contribution in [1.29, 1.82) is 0 Å². The normalized spacial score (nSPS) is 19.7. The molecule has 1 aliphatic rings. The molecular weight excluding hydrogens is 258 g/mol. The first-order valence-electron chi connectivity index (χ1n) is 7.12. The van der Waals surface area contributed by atoms with Crippen LogP contribution in [0.2, 0.25) is 0 Å². The summed E-state index contributed by atoms with van der Waals surface area (Å²) < 4.78 is 1.64. The third-order valence-electron chi connectivity index (χ3n) is 3.72. The van der Waals surface area contributed by atoms with Crippen molar-refractivity contribution in [2.24, 2.45) is 0 Å². The van der Waals surface area contributed by atoms with E-state index in [0.717, 1.165) is 25.0 Å². The highest BCUT2D eigenvalue weighted by Crippen LogP contribution is 2.20. The molecule has 0 saturated carbocycles. The van der Waals surface area contributed by atoms with Gasteiger partial charge in [-0.15, -0.1) is 0 Å². The van der Waals surface area contributed by atoms with Crippen LogP contribution in [0.4, 0.5) is 0 Å². The van der Waals surface area contributed by atoms with Crippen LogP contribution in [0.1, 0.15) is 48.8 Å². The number of aromatic nitrogens is 2. The number of hydrogen-bond acceptors (Lipinski definition) is 3. The van der Waals surface area contributed by atoms with Crippen molar-refractivity contribution in [2.75, 3.05) is 6.54 Å². The highest BCUT2D eigenvalue weighted by atomic mass is 16.4. The SMILES string of the molecule is CCn1nc(C)cc1C(=O)N1CCCCCC1C(=O)O. The smallest absolute Gasteiger partial charge is 0.326 e. The maximum Gasteiger partial charge on any atom is 0.326 e. The summed E-state index contributed by atoms with van der Waals surface area (Å²) in [5.74, 6) is -1.14. The van der Waals surface area contributed by atoms with Crippen LogP contribution in [-0.4, -0.2) is 44.3 Å². The molecule has 1 fully saturated rings. The molecule has 0 spiro atoms. The standard InChI is InChI=1S/C14H21N3O3/c1-3-17-12(9-10(2)15-17)13(18)16-8-6-4-5-7-11(16)14(19)20/h9,11H,3-8H2,1-2H3,(H,19,20). The van der Waals surface area contributed by atoms with Gasteiger partial charge in [0.25, 0.3) is 5.91 Å². The number of rotatable bonds is 3. The molecule has 0 bridgehead atoms. The minimum absolute atomic E-state index is 0.221. The van der Waals surface area contributed by atoms with Crippen LogP contribution in [0.5, 0.6) is 0 Å². The fourth-order valence-corrected chi connectivity index (χ4v) is 2.71. The zero-order valence-electron chi connectivity index (χ0n) is 12.0. The predicted octanol–water partition coefficient (Wildman–Crippen LogP) is 1.68. The Balaban J connectivity index is 2.30. The molecule has 1 aliphatic heterocycles. The lowest BCUT2D eigenvalue weighted by atomic mass is 10.1. The first-order chi connectivity index (χ1) is 9.54. The van der Waals surface area contributed by atoms with Crippen molar-refractivity contribution in [3.63, 3.8) is 0 Å². The first-order valence-corrected chi connectivity index (χ1v) is 7.12. The van der Waals surface area contributed by atoms with Crippen molar-refractivity contribution in [3.8, 4) is 0 Å². The summed E-state index contributed by atoms with van der Waals surface area (Å²) >= 11 is 0. The third kappa shape index (κ3) is 2.84. The summed E-state index contributed by atoms with van der Waals surface area (Å²) in [6.07, 6.45) is 3.21. The Morgan fingerprint density at radius 3 is 2.80 bits per heavy atom. The summed E-state index contributed by atoms with van der Waals surface area (Å²) in [7, 11) is 0. The maximum atomic E-state index is 12.7. The molecule has 1 N–H and O–H groups in total. The van der Waals surface area contributed by atoms with Gasteiger partial charge in [0.05, 0.1) is 5.69 Å². The van der Waals surface area contributed by atoms with Crippen molar-refractivity contribution in [3.05, 3.63) is 17.5 Å². The first kappa shape index (κ1) is 14.6. The number of aryl methyl sites for hydroxylation is 2. The van der Waals surface area contributed by atoms with Crippen LogP contribution in [0, 0.1) is 6.92 Å². The van der Waals surface area contributed by atoms with E-state index in [0.29, 0.717) is 25.2 Å². The Kier molecular flexibility index (Phi) is 4.42. The average Bonchev–Trinajstić information content (AvgIpc) is 2.63. The predicted molar refractivity (Wildman–Crippen MR) is 73.6 cm³/mol. The number of carbonyl (C=O) groups is 2. The summed E-state index contributed by atoms with van der Waals surface area (Å²) in [4.78, 5) is 25.6. The molecule has 1 aromatic heterocycles. The quantitative estimate of drug-likeness (QED) is 0.913. The average molecular weight is 279 g/mol. The summed E-state index contributed by atoms with van der Waals surface area (Å²) in [6.45, 7) is 4.85. The Bertz CT molecular complexity index is 510. The molecule has 1 saturated heterocycles. The maximum absolute atomic E-state index is 12.7. The highest BCUT2D eigenvalue weighted by Gasteiger charge is 2.32. The summed E-state index contributed by atoms with van der Waals surface area (Å²) in [6, 6.07) is 1.01. The number of nitrogens with zero attached hydrogens (tertiary/aromatic N) is 3. The lowest BCUT2D eigenvalue weighted by molar-refractivity contribution is -0.142. The Morgan fingerprint density at radius 1 is 1.40 bits per heavy atom. The molecule has 2 rings (SSSR count). The van der Waals surface area contributed by atoms with Crippen LogP contribution in [0.25, 0.3) is 0 Å². The van der Waals surface area contributed by atoms with Crippen LogP contribution in [-0.2, 0) is 11.3 Å². The molecule has 2 heterocycles. The molecule has 110 valence electrons. The van der Waals surface area contributed by atoms with Gasteiger partial charge in [0, 0.05) is 13.1 Å². The van der Waals surface area contributed by atoms with Crippen molar-refractivity contribution in [2.45, 2.75) is 52.1 Å². The van der Waals surface area contributed by atoms with Gasteiger partial charge < -0.3 is 10.0 Å². The lowest BCUT2D eigenvalue weighted by Gasteiger charge is -2.26. The molecule has 6 heteroatoms. The Morgan fingerprint density at radius 2 is 2.15 bits per heavy atom. The second kappa shape index (κ2) is 6.07. The van der Waals surface area contributed by atoms with E-state index in [1.54, 1.807) is 10.7 Å². The second-order valence-corrected chi connectivity index (χ2v) is 5.19. The number of carboxylic acid groups (broad SMARTS) is 1. The van der Waals surface area contributed by atoms with Gasteiger partial charge in [0.1, 0.15) is 11.7 Å². The van der Waals surface area contributed by atoms with E-state index in [2.05, 4.69) is 5.10 Å². The van der Waals surface area contributed by atoms with Gasteiger partial charge in [0.15, 0.2) is 0 Å². The topological polar surface area (TPSA) is 75.4 Å². The number of hydrogen-bond donors (Lipinski definition) is 1. The minimum atomic E-state index is -0.917. The molecule has 6 nitrogen and oxygen atoms in total. The summed E-state index contributed by atoms with van der Waals surface area (Å²) in [5.41, 5.74) is 1.26. The Hall–Kier alpha value is -1.85. The van der Waals surface area contributed by atoms with Crippen LogP contribution >= 0.6 is 0 Å². The van der Waals surface area contributed by atoms with E-state index in [-0.39, 0.29) is 5.91 Å². The molecule has 1 atom stereocenters. The van der Waals surface area contributed by atoms with Gasteiger partial charge in [-0.2, -0.15) is 5.10 Å². The van der Waals surface area contributed by atoms with Gasteiger partial charge in [0.2, 0.25) is 0 Å². The second-order valence-electron chi connectivity index (χ2n) is 5.19. The fraction of sp³-hybridized carbons (Fsp3) is 0.643. The van der Waals surface area contributed by atoms with Crippen LogP contribution in [0.15, 0.2) is 6.07 Å². The zero-order valence-corrected chi connectivity index (χ0v) is 12.0. The number of amides is 1. The fourth-order valence-electron chi connectivity index (χ4n) is 2.71. The molecule has 1 aromatic rings. The van der Waals surface area contributed by atoms with Gasteiger partial charge in [-0.1, -0.05) is 12.8 Å². The largest absolute Gasteiger partial charge is 0.480 e. The van der Waals surface area contributed by atoms with Crippen molar-refractivity contribution < 1.29 is 14.7 Å². The molecule has 1 amide bonds. The van der Waals surface area contributed by atoms with Gasteiger partial charge in [-0.3, -0.25) is 9.48 Å². The van der Waals surface area contributed by atoms with Gasteiger partial charge in [-0.25, -0.2) is 4.79 Å².